The third-order valence-corrected chi connectivity index (χ3v) is 1.39. The predicted molar refractivity (Wildman–Crippen MR) is 41.5 cm³/mol. The summed E-state index contributed by atoms with van der Waals surface area (Å²) >= 11 is 0. The fourth-order valence-corrected chi connectivity index (χ4v) is 0.733. The van der Waals surface area contributed by atoms with Gasteiger partial charge in [0.2, 0.25) is 5.91 Å². The molecule has 0 aliphatic heterocycles. The van der Waals surface area contributed by atoms with Crippen LogP contribution in [0.2, 0.25) is 0 Å². The minimum absolute atomic E-state index is 0.196. The Hall–Kier alpha value is -1.10. The summed E-state index contributed by atoms with van der Waals surface area (Å²) in [5, 5.41) is 19.1. The number of hydrogen-bond donors (Lipinski definition) is 3. The third-order valence-electron chi connectivity index (χ3n) is 1.39. The Morgan fingerprint density at radius 3 is 2.17 bits per heavy atom. The summed E-state index contributed by atoms with van der Waals surface area (Å²) in [6.45, 7) is 2.67. The molecule has 0 unspecified atom stereocenters. The second-order valence-electron chi connectivity index (χ2n) is 2.79. The van der Waals surface area contributed by atoms with Crippen molar-refractivity contribution in [3.05, 3.63) is 0 Å². The number of carboxylic acid groups (broad SMARTS) is 1. The molecule has 5 nitrogen and oxygen atoms in total. The molecule has 0 rings (SSSR count). The van der Waals surface area contributed by atoms with Gasteiger partial charge in [0.15, 0.2) is 0 Å². The van der Waals surface area contributed by atoms with Crippen LogP contribution in [0.4, 0.5) is 0 Å². The molecule has 0 saturated carbocycles. The predicted octanol–water partition coefficient (Wildman–Crippen LogP) is -0.796. The van der Waals surface area contributed by atoms with E-state index in [1.165, 1.54) is 0 Å². The van der Waals surface area contributed by atoms with Crippen molar-refractivity contribution in [1.29, 1.82) is 0 Å². The number of carboxylic acids is 1. The zero-order chi connectivity index (χ0) is 9.72. The Morgan fingerprint density at radius 1 is 1.42 bits per heavy atom. The number of nitrogens with one attached hydrogen (secondary N) is 1. The van der Waals surface area contributed by atoms with Gasteiger partial charge in [-0.1, -0.05) is 13.8 Å². The molecule has 0 radical (unpaired) electrons. The second-order valence-corrected chi connectivity index (χ2v) is 2.79. The highest BCUT2D eigenvalue weighted by atomic mass is 16.4. The van der Waals surface area contributed by atoms with Gasteiger partial charge in [-0.25, -0.2) is 4.79 Å². The second kappa shape index (κ2) is 4.71. The summed E-state index contributed by atoms with van der Waals surface area (Å²) in [5.41, 5.74) is 0. The molecular weight excluding hydrogens is 162 g/mol. The minimum atomic E-state index is -1.09. The lowest BCUT2D eigenvalue weighted by Gasteiger charge is -2.16. The summed E-state index contributed by atoms with van der Waals surface area (Å²) in [7, 11) is 0. The van der Waals surface area contributed by atoms with Crippen LogP contribution in [-0.4, -0.2) is 34.7 Å². The number of carbonyl (C=O) groups excluding carboxylic acids is 1. The van der Waals surface area contributed by atoms with Gasteiger partial charge < -0.3 is 15.5 Å². The molecule has 0 aliphatic carbocycles. The molecule has 0 aromatic rings. The molecular formula is C7H13NO4. The largest absolute Gasteiger partial charge is 0.480 e. The first-order valence-corrected chi connectivity index (χ1v) is 3.62. The van der Waals surface area contributed by atoms with Gasteiger partial charge in [-0.3, -0.25) is 4.79 Å². The lowest BCUT2D eigenvalue weighted by molar-refractivity contribution is -0.143. The van der Waals surface area contributed by atoms with E-state index in [0.29, 0.717) is 0 Å². The van der Waals surface area contributed by atoms with Gasteiger partial charge in [0.25, 0.3) is 0 Å². The molecule has 3 N–H and O–H groups in total. The molecule has 0 aliphatic rings. The van der Waals surface area contributed by atoms with Crippen LogP contribution in [0.25, 0.3) is 0 Å². The van der Waals surface area contributed by atoms with Crippen LogP contribution in [0.1, 0.15) is 13.8 Å². The first-order chi connectivity index (χ1) is 5.49. The van der Waals surface area contributed by atoms with Gasteiger partial charge in [-0.2, -0.15) is 0 Å². The number of aliphatic hydroxyl groups excluding tert-OH is 1. The van der Waals surface area contributed by atoms with Crippen molar-refractivity contribution in [2.75, 3.05) is 6.61 Å². The normalized spacial score (nSPS) is 12.7. The molecule has 0 bridgehead atoms. The van der Waals surface area contributed by atoms with Crippen LogP contribution >= 0.6 is 0 Å². The van der Waals surface area contributed by atoms with Crippen molar-refractivity contribution >= 4 is 11.9 Å². The average Bonchev–Trinajstić information content (AvgIpc) is 1.98. The minimum Gasteiger partial charge on any atom is -0.480 e. The lowest BCUT2D eigenvalue weighted by Crippen LogP contribution is -2.45. The van der Waals surface area contributed by atoms with Crippen LogP contribution in [0, 0.1) is 5.92 Å². The fourth-order valence-electron chi connectivity index (χ4n) is 0.733. The van der Waals surface area contributed by atoms with Gasteiger partial charge in [0, 0.05) is 0 Å². The van der Waals surface area contributed by atoms with Crippen LogP contribution in [0.15, 0.2) is 0 Å². The van der Waals surface area contributed by atoms with Crippen molar-refractivity contribution in [3.63, 3.8) is 0 Å². The van der Waals surface area contributed by atoms with Gasteiger partial charge in [0.1, 0.15) is 12.6 Å². The van der Waals surface area contributed by atoms with E-state index in [2.05, 4.69) is 5.32 Å². The molecule has 0 spiro atoms. The third kappa shape index (κ3) is 3.34. The van der Waals surface area contributed by atoms with Gasteiger partial charge in [-0.15, -0.1) is 0 Å². The molecule has 12 heavy (non-hydrogen) atoms. The Balaban J connectivity index is 4.14. The number of hydrogen-bond acceptors (Lipinski definition) is 3. The standard InChI is InChI=1S/C7H13NO4/c1-4(2)6(7(11)12)8-5(10)3-9/h4,6,9H,3H2,1-2H3,(H,8,10)(H,11,12)/t6-/m0/s1. The van der Waals surface area contributed by atoms with E-state index in [-0.39, 0.29) is 5.92 Å². The Bertz CT molecular complexity index is 178. The van der Waals surface area contributed by atoms with E-state index >= 15 is 0 Å². The summed E-state index contributed by atoms with van der Waals surface area (Å²) in [5.74, 6) is -1.96. The molecule has 70 valence electrons. The van der Waals surface area contributed by atoms with E-state index in [4.69, 9.17) is 10.2 Å². The van der Waals surface area contributed by atoms with Crippen LogP contribution < -0.4 is 5.32 Å². The van der Waals surface area contributed by atoms with Gasteiger partial charge in [0.05, 0.1) is 0 Å². The van der Waals surface area contributed by atoms with E-state index in [0.717, 1.165) is 0 Å². The molecule has 1 amide bonds. The zero-order valence-electron chi connectivity index (χ0n) is 7.07. The number of aliphatic carboxylic acids is 1. The molecule has 0 aromatic carbocycles. The van der Waals surface area contributed by atoms with Gasteiger partial charge >= 0.3 is 5.97 Å². The van der Waals surface area contributed by atoms with Crippen molar-refractivity contribution in [2.45, 2.75) is 19.9 Å². The van der Waals surface area contributed by atoms with E-state index in [1.54, 1.807) is 13.8 Å². The van der Waals surface area contributed by atoms with Crippen molar-refractivity contribution in [1.82, 2.24) is 5.32 Å². The summed E-state index contributed by atoms with van der Waals surface area (Å²) in [6.07, 6.45) is 0. The number of rotatable bonds is 4. The summed E-state index contributed by atoms with van der Waals surface area (Å²) in [6, 6.07) is -0.926. The Morgan fingerprint density at radius 2 is 1.92 bits per heavy atom. The molecule has 1 atom stereocenters. The fraction of sp³-hybridized carbons (Fsp3) is 0.714. The topological polar surface area (TPSA) is 86.6 Å². The highest BCUT2D eigenvalue weighted by molar-refractivity contribution is 5.84. The first-order valence-electron chi connectivity index (χ1n) is 3.62. The van der Waals surface area contributed by atoms with E-state index < -0.39 is 24.5 Å². The summed E-state index contributed by atoms with van der Waals surface area (Å²) in [4.78, 5) is 21.1. The quantitative estimate of drug-likeness (QED) is 0.522. The molecule has 0 fully saturated rings. The molecule has 5 heteroatoms. The zero-order valence-corrected chi connectivity index (χ0v) is 7.07. The van der Waals surface area contributed by atoms with Crippen molar-refractivity contribution in [3.8, 4) is 0 Å². The van der Waals surface area contributed by atoms with E-state index in [1.807, 2.05) is 0 Å². The highest BCUT2D eigenvalue weighted by Crippen LogP contribution is 2.00. The smallest absolute Gasteiger partial charge is 0.326 e. The van der Waals surface area contributed by atoms with Crippen LogP contribution in [0.3, 0.4) is 0 Å². The monoisotopic (exact) mass is 175 g/mol. The maximum absolute atomic E-state index is 10.6. The van der Waals surface area contributed by atoms with Gasteiger partial charge in [-0.05, 0) is 5.92 Å². The molecule has 0 saturated heterocycles. The van der Waals surface area contributed by atoms with Crippen molar-refractivity contribution < 1.29 is 19.8 Å². The maximum Gasteiger partial charge on any atom is 0.326 e. The SMILES string of the molecule is CC(C)[C@H](NC(=O)CO)C(=O)O. The highest BCUT2D eigenvalue weighted by Gasteiger charge is 2.22. The van der Waals surface area contributed by atoms with Crippen molar-refractivity contribution in [2.24, 2.45) is 5.92 Å². The Kier molecular flexibility index (Phi) is 4.28. The average molecular weight is 175 g/mol. The van der Waals surface area contributed by atoms with Crippen LogP contribution in [-0.2, 0) is 9.59 Å². The lowest BCUT2D eigenvalue weighted by atomic mass is 10.1. The van der Waals surface area contributed by atoms with E-state index in [9.17, 15) is 9.59 Å². The molecule has 0 aromatic heterocycles. The summed E-state index contributed by atoms with van der Waals surface area (Å²) < 4.78 is 0. The Labute approximate surface area is 70.4 Å². The first kappa shape index (κ1) is 10.9. The maximum atomic E-state index is 10.6. The number of aliphatic hydroxyl groups is 1. The number of amides is 1. The number of carbonyl (C=O) groups is 2. The molecule has 0 heterocycles. The van der Waals surface area contributed by atoms with Crippen LogP contribution in [0.5, 0.6) is 0 Å².